The summed E-state index contributed by atoms with van der Waals surface area (Å²) in [7, 11) is 1.32. The number of ether oxygens (including phenoxy) is 2. The molecule has 0 saturated carbocycles. The zero-order valence-corrected chi connectivity index (χ0v) is 23.4. The van der Waals surface area contributed by atoms with Crippen LogP contribution in [-0.2, 0) is 27.2 Å². The van der Waals surface area contributed by atoms with Crippen LogP contribution in [-0.4, -0.2) is 42.1 Å². The van der Waals surface area contributed by atoms with Gasteiger partial charge in [0.2, 0.25) is 5.91 Å². The number of thiophene rings is 1. The Labute approximate surface area is 230 Å². The highest BCUT2D eigenvalue weighted by Gasteiger charge is 2.33. The van der Waals surface area contributed by atoms with Crippen molar-refractivity contribution in [3.63, 3.8) is 0 Å². The van der Waals surface area contributed by atoms with E-state index in [9.17, 15) is 14.4 Å². The Bertz CT molecular complexity index is 1330. The van der Waals surface area contributed by atoms with E-state index in [1.165, 1.54) is 30.2 Å². The van der Waals surface area contributed by atoms with Gasteiger partial charge in [-0.2, -0.15) is 0 Å². The second-order valence-corrected chi connectivity index (χ2v) is 12.1. The van der Waals surface area contributed by atoms with Crippen molar-refractivity contribution in [2.45, 2.75) is 49.5 Å². The number of rotatable bonds is 6. The third kappa shape index (κ3) is 6.49. The molecule has 2 amide bonds. The number of hydrogen-bond acceptors (Lipinski definition) is 8. The second kappa shape index (κ2) is 11.5. The highest BCUT2D eigenvalue weighted by atomic mass is 32.2. The standard InChI is InChI=1S/C28H31N3O5S2/c1-28(2,3)36-27(34)31-14-13-20-21(16-31)38-25(22(20)26(33)35-4)30-24(32)23(17-9-6-5-7-10-17)37-19-12-8-11-18(29)15-19/h5-12,15,23H,13-14,16,29H2,1-4H3,(H,30,32). The fourth-order valence-corrected chi connectivity index (χ4v) is 6.44. The van der Waals surface area contributed by atoms with E-state index in [1.807, 2.05) is 69.3 Å². The number of amides is 2. The molecule has 8 nitrogen and oxygen atoms in total. The molecule has 0 bridgehead atoms. The molecule has 1 aliphatic heterocycles. The fraction of sp³-hybridized carbons (Fsp3) is 0.321. The summed E-state index contributed by atoms with van der Waals surface area (Å²) >= 11 is 2.66. The van der Waals surface area contributed by atoms with Gasteiger partial charge in [0.25, 0.3) is 0 Å². The summed E-state index contributed by atoms with van der Waals surface area (Å²) in [6, 6.07) is 16.8. The van der Waals surface area contributed by atoms with Gasteiger partial charge in [0.05, 0.1) is 19.2 Å². The topological polar surface area (TPSA) is 111 Å². The molecule has 2 aromatic carbocycles. The van der Waals surface area contributed by atoms with Crippen LogP contribution >= 0.6 is 23.1 Å². The minimum Gasteiger partial charge on any atom is -0.465 e. The third-order valence-corrected chi connectivity index (χ3v) is 8.17. The lowest BCUT2D eigenvalue weighted by molar-refractivity contribution is -0.115. The lowest BCUT2D eigenvalue weighted by Crippen LogP contribution is -2.39. The minimum atomic E-state index is -0.614. The molecule has 38 heavy (non-hydrogen) atoms. The van der Waals surface area contributed by atoms with Crippen molar-refractivity contribution in [1.82, 2.24) is 4.90 Å². The Hall–Kier alpha value is -3.50. The van der Waals surface area contributed by atoms with E-state index < -0.39 is 22.9 Å². The number of carbonyl (C=O) groups excluding carboxylic acids is 3. The SMILES string of the molecule is COC(=O)c1c(NC(=O)C(Sc2cccc(N)c2)c2ccccc2)sc2c1CCN(C(=O)OC(C)(C)C)C2. The first-order chi connectivity index (χ1) is 18.1. The average Bonchev–Trinajstić information content (AvgIpc) is 3.23. The van der Waals surface area contributed by atoms with Crippen LogP contribution in [0.1, 0.15) is 52.4 Å². The number of hydrogen-bond donors (Lipinski definition) is 2. The molecular weight excluding hydrogens is 522 g/mol. The van der Waals surface area contributed by atoms with Gasteiger partial charge in [0.15, 0.2) is 0 Å². The number of methoxy groups -OCH3 is 1. The smallest absolute Gasteiger partial charge is 0.410 e. The molecule has 200 valence electrons. The van der Waals surface area contributed by atoms with Crippen LogP contribution in [0.15, 0.2) is 59.5 Å². The van der Waals surface area contributed by atoms with Crippen molar-refractivity contribution in [2.75, 3.05) is 24.7 Å². The Morgan fingerprint density at radius 2 is 1.84 bits per heavy atom. The molecule has 1 unspecified atom stereocenters. The number of nitrogens with zero attached hydrogens (tertiary/aromatic N) is 1. The molecule has 3 N–H and O–H groups in total. The van der Waals surface area contributed by atoms with Gasteiger partial charge in [-0.25, -0.2) is 9.59 Å². The largest absolute Gasteiger partial charge is 0.465 e. The van der Waals surface area contributed by atoms with Gasteiger partial charge in [-0.1, -0.05) is 36.4 Å². The lowest BCUT2D eigenvalue weighted by atomic mass is 10.0. The van der Waals surface area contributed by atoms with Crippen LogP contribution in [0.3, 0.4) is 0 Å². The number of benzene rings is 2. The van der Waals surface area contributed by atoms with Gasteiger partial charge in [-0.3, -0.25) is 4.79 Å². The Kier molecular flexibility index (Phi) is 8.32. The molecule has 4 rings (SSSR count). The Morgan fingerprint density at radius 1 is 1.11 bits per heavy atom. The van der Waals surface area contributed by atoms with Crippen LogP contribution in [0.25, 0.3) is 0 Å². The molecule has 0 radical (unpaired) electrons. The lowest BCUT2D eigenvalue weighted by Gasteiger charge is -2.30. The second-order valence-electron chi connectivity index (χ2n) is 9.82. The number of nitrogen functional groups attached to an aromatic ring is 1. The van der Waals surface area contributed by atoms with Crippen LogP contribution in [0.2, 0.25) is 0 Å². The van der Waals surface area contributed by atoms with E-state index in [2.05, 4.69) is 5.32 Å². The molecule has 0 aliphatic carbocycles. The quantitative estimate of drug-likeness (QED) is 0.223. The van der Waals surface area contributed by atoms with Crippen molar-refractivity contribution in [2.24, 2.45) is 0 Å². The zero-order valence-electron chi connectivity index (χ0n) is 21.8. The van der Waals surface area contributed by atoms with Crippen LogP contribution in [0, 0.1) is 0 Å². The number of nitrogens with two attached hydrogens (primary N) is 1. The maximum absolute atomic E-state index is 13.7. The number of nitrogens with one attached hydrogen (secondary N) is 1. The van der Waals surface area contributed by atoms with Crippen molar-refractivity contribution < 1.29 is 23.9 Å². The molecule has 0 saturated heterocycles. The molecule has 2 heterocycles. The van der Waals surface area contributed by atoms with Crippen LogP contribution < -0.4 is 11.1 Å². The van der Waals surface area contributed by atoms with Crippen LogP contribution in [0.5, 0.6) is 0 Å². The number of anilines is 2. The molecule has 1 aromatic heterocycles. The van der Waals surface area contributed by atoms with Gasteiger partial charge in [-0.05, 0) is 56.5 Å². The molecule has 1 aliphatic rings. The minimum absolute atomic E-state index is 0.281. The van der Waals surface area contributed by atoms with Gasteiger partial charge in [0, 0.05) is 22.0 Å². The van der Waals surface area contributed by atoms with E-state index in [0.717, 1.165) is 20.9 Å². The van der Waals surface area contributed by atoms with E-state index in [4.69, 9.17) is 15.2 Å². The molecule has 10 heteroatoms. The Morgan fingerprint density at radius 3 is 2.50 bits per heavy atom. The van der Waals surface area contributed by atoms with Crippen molar-refractivity contribution in [3.05, 3.63) is 76.2 Å². The summed E-state index contributed by atoms with van der Waals surface area (Å²) in [5.41, 5.74) is 7.90. The van der Waals surface area contributed by atoms with Gasteiger partial charge >= 0.3 is 12.1 Å². The van der Waals surface area contributed by atoms with E-state index in [-0.39, 0.29) is 12.5 Å². The highest BCUT2D eigenvalue weighted by Crippen LogP contribution is 2.41. The average molecular weight is 554 g/mol. The predicted octanol–water partition coefficient (Wildman–Crippen LogP) is 5.88. The molecule has 1 atom stereocenters. The fourth-order valence-electron chi connectivity index (χ4n) is 4.09. The van der Waals surface area contributed by atoms with Crippen molar-refractivity contribution in [3.8, 4) is 0 Å². The first kappa shape index (κ1) is 27.5. The summed E-state index contributed by atoms with van der Waals surface area (Å²) in [6.45, 7) is 6.14. The van der Waals surface area contributed by atoms with Gasteiger partial charge < -0.3 is 25.4 Å². The zero-order chi connectivity index (χ0) is 27.4. The van der Waals surface area contributed by atoms with E-state index in [1.54, 1.807) is 11.0 Å². The predicted molar refractivity (Wildman–Crippen MR) is 151 cm³/mol. The van der Waals surface area contributed by atoms with Gasteiger partial charge in [0.1, 0.15) is 15.9 Å². The Balaban J connectivity index is 1.63. The third-order valence-electron chi connectivity index (χ3n) is 5.79. The van der Waals surface area contributed by atoms with E-state index in [0.29, 0.717) is 29.2 Å². The number of esters is 1. The molecular formula is C28H31N3O5S2. The monoisotopic (exact) mass is 553 g/mol. The number of carbonyl (C=O) groups is 3. The summed E-state index contributed by atoms with van der Waals surface area (Å²) < 4.78 is 10.6. The van der Waals surface area contributed by atoms with Crippen molar-refractivity contribution >= 4 is 51.8 Å². The van der Waals surface area contributed by atoms with Crippen molar-refractivity contribution in [1.29, 1.82) is 0 Å². The normalized spacial score (nSPS) is 13.8. The highest BCUT2D eigenvalue weighted by molar-refractivity contribution is 8.00. The first-order valence-electron chi connectivity index (χ1n) is 12.1. The number of fused-ring (bicyclic) bond motifs is 1. The van der Waals surface area contributed by atoms with Gasteiger partial charge in [-0.15, -0.1) is 23.1 Å². The summed E-state index contributed by atoms with van der Waals surface area (Å²) in [5, 5.41) is 2.80. The molecule has 0 fully saturated rings. The molecule has 0 spiro atoms. The summed E-state index contributed by atoms with van der Waals surface area (Å²) in [4.78, 5) is 42.5. The maximum Gasteiger partial charge on any atom is 0.410 e. The van der Waals surface area contributed by atoms with E-state index >= 15 is 0 Å². The summed E-state index contributed by atoms with van der Waals surface area (Å²) in [6.07, 6.45) is 0.0374. The first-order valence-corrected chi connectivity index (χ1v) is 13.8. The number of thioether (sulfide) groups is 1. The summed E-state index contributed by atoms with van der Waals surface area (Å²) in [5.74, 6) is -0.806. The maximum atomic E-state index is 13.7. The molecule has 3 aromatic rings. The van der Waals surface area contributed by atoms with Crippen LogP contribution in [0.4, 0.5) is 15.5 Å².